The molecule has 32 heavy (non-hydrogen) atoms. The maximum absolute atomic E-state index is 6.81. The molecule has 2 atom stereocenters. The standard InChI is InChI=1S/C25H27ClN4OS/c1-16-10-13-29(14-11-16)21-8-7-18(15-19(21)26)30-24(22-9-6-17(2)31-22)23(28-25(30)32)20-5-3-4-12-27-20/h3-9,12,15-16,23-24H,10-11,13-14H2,1-2H3,(H,28,32)/t23-,24+/m1/s1. The topological polar surface area (TPSA) is 44.5 Å². The van der Waals surface area contributed by atoms with Crippen molar-refractivity contribution in [3.05, 3.63) is 77.0 Å². The van der Waals surface area contributed by atoms with Crippen LogP contribution >= 0.6 is 23.8 Å². The van der Waals surface area contributed by atoms with Crippen LogP contribution in [0, 0.1) is 12.8 Å². The zero-order valence-electron chi connectivity index (χ0n) is 18.3. The van der Waals surface area contributed by atoms with Crippen LogP contribution in [-0.4, -0.2) is 23.2 Å². The van der Waals surface area contributed by atoms with Crippen molar-refractivity contribution in [2.75, 3.05) is 22.9 Å². The van der Waals surface area contributed by atoms with Gasteiger partial charge in [0.25, 0.3) is 0 Å². The number of furan rings is 1. The Hall–Kier alpha value is -2.57. The molecule has 7 heteroatoms. The van der Waals surface area contributed by atoms with E-state index in [4.69, 9.17) is 28.2 Å². The molecule has 0 bridgehead atoms. The lowest BCUT2D eigenvalue weighted by atomic mass is 9.98. The molecule has 0 amide bonds. The Morgan fingerprint density at radius 2 is 1.94 bits per heavy atom. The second-order valence-corrected chi connectivity index (χ2v) is 9.54. The number of hydrogen-bond acceptors (Lipinski definition) is 4. The van der Waals surface area contributed by atoms with E-state index >= 15 is 0 Å². The van der Waals surface area contributed by atoms with E-state index in [1.807, 2.05) is 43.3 Å². The maximum Gasteiger partial charge on any atom is 0.174 e. The number of pyridine rings is 1. The van der Waals surface area contributed by atoms with E-state index in [1.54, 1.807) is 6.20 Å². The molecule has 5 rings (SSSR count). The van der Waals surface area contributed by atoms with Crippen LogP contribution in [0.15, 0.2) is 59.1 Å². The van der Waals surface area contributed by atoms with Crippen molar-refractivity contribution in [3.8, 4) is 0 Å². The Morgan fingerprint density at radius 1 is 1.12 bits per heavy atom. The fourth-order valence-corrected chi connectivity index (χ4v) is 5.33. The molecule has 0 aliphatic carbocycles. The van der Waals surface area contributed by atoms with E-state index in [1.165, 1.54) is 12.8 Å². The van der Waals surface area contributed by atoms with Gasteiger partial charge in [-0.15, -0.1) is 0 Å². The highest BCUT2D eigenvalue weighted by Gasteiger charge is 2.42. The normalized spacial score (nSPS) is 21.8. The summed E-state index contributed by atoms with van der Waals surface area (Å²) in [5.41, 5.74) is 2.95. The van der Waals surface area contributed by atoms with Gasteiger partial charge in [0.2, 0.25) is 0 Å². The Balaban J connectivity index is 1.51. The van der Waals surface area contributed by atoms with Gasteiger partial charge in [-0.3, -0.25) is 4.98 Å². The number of thiocarbonyl (C=S) groups is 1. The van der Waals surface area contributed by atoms with Crippen LogP contribution in [-0.2, 0) is 0 Å². The number of benzene rings is 1. The predicted molar refractivity (Wildman–Crippen MR) is 133 cm³/mol. The van der Waals surface area contributed by atoms with Crippen LogP contribution in [0.1, 0.15) is 49.1 Å². The summed E-state index contributed by atoms with van der Waals surface area (Å²) < 4.78 is 6.07. The minimum atomic E-state index is -0.163. The van der Waals surface area contributed by atoms with Crippen molar-refractivity contribution in [2.45, 2.75) is 38.8 Å². The number of piperidine rings is 1. The average molecular weight is 467 g/mol. The van der Waals surface area contributed by atoms with Crippen LogP contribution in [0.4, 0.5) is 11.4 Å². The molecule has 5 nitrogen and oxygen atoms in total. The fourth-order valence-electron chi connectivity index (χ4n) is 4.69. The molecule has 2 aliphatic heterocycles. The van der Waals surface area contributed by atoms with Gasteiger partial charge >= 0.3 is 0 Å². The number of nitrogens with zero attached hydrogens (tertiary/aromatic N) is 3. The molecule has 2 fully saturated rings. The molecule has 2 aromatic heterocycles. The molecule has 4 heterocycles. The molecule has 0 unspecified atom stereocenters. The molecule has 0 radical (unpaired) electrons. The van der Waals surface area contributed by atoms with Crippen molar-refractivity contribution in [2.24, 2.45) is 5.92 Å². The highest BCUT2D eigenvalue weighted by atomic mass is 35.5. The Kier molecular flexibility index (Phi) is 5.82. The van der Waals surface area contributed by atoms with Crippen LogP contribution in [0.2, 0.25) is 5.02 Å². The molecule has 1 N–H and O–H groups in total. The van der Waals surface area contributed by atoms with Crippen molar-refractivity contribution < 1.29 is 4.42 Å². The first kappa shape index (κ1) is 21.3. The SMILES string of the molecule is Cc1ccc([C@H]2[C@@H](c3ccccn3)NC(=S)N2c2ccc(N3CCC(C)CC3)c(Cl)c2)o1. The smallest absolute Gasteiger partial charge is 0.174 e. The molecular weight excluding hydrogens is 440 g/mol. The maximum atomic E-state index is 6.81. The van der Waals surface area contributed by atoms with Crippen LogP contribution < -0.4 is 15.1 Å². The molecular formula is C25H27ClN4OS. The number of anilines is 2. The van der Waals surface area contributed by atoms with Gasteiger partial charge in [0, 0.05) is 25.0 Å². The lowest BCUT2D eigenvalue weighted by molar-refractivity contribution is 0.418. The third-order valence-corrected chi connectivity index (χ3v) is 7.10. The predicted octanol–water partition coefficient (Wildman–Crippen LogP) is 6.05. The summed E-state index contributed by atoms with van der Waals surface area (Å²) in [4.78, 5) is 9.07. The summed E-state index contributed by atoms with van der Waals surface area (Å²) in [5, 5.41) is 4.84. The Labute approximate surface area is 199 Å². The average Bonchev–Trinajstić information content (AvgIpc) is 3.38. The van der Waals surface area contributed by atoms with Gasteiger partial charge in [0.15, 0.2) is 5.11 Å². The Bertz CT molecular complexity index is 1110. The van der Waals surface area contributed by atoms with E-state index in [9.17, 15) is 0 Å². The molecule has 3 aromatic rings. The molecule has 2 saturated heterocycles. The third kappa shape index (κ3) is 3.97. The van der Waals surface area contributed by atoms with E-state index in [0.717, 1.165) is 52.6 Å². The zero-order chi connectivity index (χ0) is 22.2. The van der Waals surface area contributed by atoms with E-state index in [0.29, 0.717) is 5.11 Å². The summed E-state index contributed by atoms with van der Waals surface area (Å²) in [6, 6.07) is 15.9. The molecule has 1 aromatic carbocycles. The Morgan fingerprint density at radius 3 is 2.59 bits per heavy atom. The quantitative estimate of drug-likeness (QED) is 0.472. The fraction of sp³-hybridized carbons (Fsp3) is 0.360. The highest BCUT2D eigenvalue weighted by molar-refractivity contribution is 7.80. The van der Waals surface area contributed by atoms with E-state index in [-0.39, 0.29) is 12.1 Å². The second kappa shape index (κ2) is 8.75. The number of rotatable bonds is 4. The second-order valence-electron chi connectivity index (χ2n) is 8.75. The number of halogens is 1. The van der Waals surface area contributed by atoms with Gasteiger partial charge in [-0.05, 0) is 80.4 Å². The number of hydrogen-bond donors (Lipinski definition) is 1. The summed E-state index contributed by atoms with van der Waals surface area (Å²) in [5.74, 6) is 2.49. The minimum Gasteiger partial charge on any atom is -0.464 e. The molecule has 166 valence electrons. The van der Waals surface area contributed by atoms with Crippen LogP contribution in [0.3, 0.4) is 0 Å². The van der Waals surface area contributed by atoms with Crippen molar-refractivity contribution >= 4 is 40.3 Å². The van der Waals surface area contributed by atoms with Gasteiger partial charge in [-0.2, -0.15) is 0 Å². The summed E-state index contributed by atoms with van der Waals surface area (Å²) in [7, 11) is 0. The third-order valence-electron chi connectivity index (χ3n) is 6.48. The molecule has 2 aliphatic rings. The first-order chi connectivity index (χ1) is 15.5. The summed E-state index contributed by atoms with van der Waals surface area (Å²) in [6.45, 7) is 6.35. The van der Waals surface area contributed by atoms with Gasteiger partial charge in [-0.1, -0.05) is 24.6 Å². The lowest BCUT2D eigenvalue weighted by Gasteiger charge is -2.33. The molecule has 0 saturated carbocycles. The largest absolute Gasteiger partial charge is 0.464 e. The summed E-state index contributed by atoms with van der Waals surface area (Å²) in [6.07, 6.45) is 4.20. The highest BCUT2D eigenvalue weighted by Crippen LogP contribution is 2.43. The summed E-state index contributed by atoms with van der Waals surface area (Å²) >= 11 is 12.6. The first-order valence-electron chi connectivity index (χ1n) is 11.1. The van der Waals surface area contributed by atoms with Crippen molar-refractivity contribution in [3.63, 3.8) is 0 Å². The number of aryl methyl sites for hydroxylation is 1. The van der Waals surface area contributed by atoms with Gasteiger partial charge in [0.05, 0.1) is 22.4 Å². The first-order valence-corrected chi connectivity index (χ1v) is 11.9. The minimum absolute atomic E-state index is 0.128. The van der Waals surface area contributed by atoms with Crippen molar-refractivity contribution in [1.29, 1.82) is 0 Å². The van der Waals surface area contributed by atoms with Gasteiger partial charge in [0.1, 0.15) is 17.6 Å². The van der Waals surface area contributed by atoms with Crippen molar-refractivity contribution in [1.82, 2.24) is 10.3 Å². The van der Waals surface area contributed by atoms with E-state index < -0.39 is 0 Å². The van der Waals surface area contributed by atoms with E-state index in [2.05, 4.69) is 39.2 Å². The number of nitrogens with one attached hydrogen (secondary N) is 1. The van der Waals surface area contributed by atoms with Gasteiger partial charge in [-0.25, -0.2) is 0 Å². The lowest BCUT2D eigenvalue weighted by Crippen LogP contribution is -2.33. The number of aromatic nitrogens is 1. The monoisotopic (exact) mass is 466 g/mol. The van der Waals surface area contributed by atoms with Crippen LogP contribution in [0.5, 0.6) is 0 Å². The van der Waals surface area contributed by atoms with Crippen LogP contribution in [0.25, 0.3) is 0 Å². The molecule has 0 spiro atoms. The van der Waals surface area contributed by atoms with Gasteiger partial charge < -0.3 is 19.5 Å². The zero-order valence-corrected chi connectivity index (χ0v) is 19.9.